The molecule has 1 saturated heterocycles. The molecule has 2 aromatic rings. The third-order valence-electron chi connectivity index (χ3n) is 6.47. The zero-order valence-corrected chi connectivity index (χ0v) is 18.9. The summed E-state index contributed by atoms with van der Waals surface area (Å²) in [4.78, 5) is 2.13. The van der Waals surface area contributed by atoms with Gasteiger partial charge < -0.3 is 9.64 Å². The molecule has 0 amide bonds. The maximum absolute atomic E-state index is 11.9. The molecule has 31 heavy (non-hydrogen) atoms. The summed E-state index contributed by atoms with van der Waals surface area (Å²) < 4.78 is 32.9. The molecule has 1 aliphatic carbocycles. The fourth-order valence-corrected chi connectivity index (χ4v) is 5.63. The van der Waals surface area contributed by atoms with Gasteiger partial charge in [0.05, 0.1) is 18.4 Å². The molecule has 0 unspecified atom stereocenters. The van der Waals surface area contributed by atoms with Crippen molar-refractivity contribution in [2.45, 2.75) is 50.2 Å². The zero-order chi connectivity index (χ0) is 21.7. The Kier molecular flexibility index (Phi) is 7.20. The molecule has 2 heterocycles. The van der Waals surface area contributed by atoms with Crippen molar-refractivity contribution >= 4 is 15.8 Å². The van der Waals surface area contributed by atoms with Gasteiger partial charge in [0.2, 0.25) is 10.0 Å². The van der Waals surface area contributed by atoms with E-state index in [4.69, 9.17) is 4.74 Å². The second-order valence-corrected chi connectivity index (χ2v) is 10.6. The van der Waals surface area contributed by atoms with Crippen molar-refractivity contribution in [3.05, 3.63) is 54.2 Å². The molecule has 2 aliphatic rings. The molecule has 168 valence electrons. The van der Waals surface area contributed by atoms with Crippen LogP contribution < -0.4 is 9.62 Å². The zero-order valence-electron chi connectivity index (χ0n) is 18.1. The van der Waals surface area contributed by atoms with Gasteiger partial charge in [0.25, 0.3) is 0 Å². The van der Waals surface area contributed by atoms with E-state index in [0.29, 0.717) is 38.0 Å². The van der Waals surface area contributed by atoms with Crippen molar-refractivity contribution in [3.8, 4) is 0 Å². The lowest BCUT2D eigenvalue weighted by molar-refractivity contribution is -0.00130. The van der Waals surface area contributed by atoms with Gasteiger partial charge in [-0.1, -0.05) is 30.3 Å². The van der Waals surface area contributed by atoms with Gasteiger partial charge >= 0.3 is 0 Å². The van der Waals surface area contributed by atoms with Crippen LogP contribution in [0.2, 0.25) is 0 Å². The number of hydrogen-bond acceptors (Lipinski definition) is 6. The number of nitrogens with zero attached hydrogens (tertiary/aromatic N) is 3. The van der Waals surface area contributed by atoms with Crippen LogP contribution in [0.5, 0.6) is 0 Å². The predicted octanol–water partition coefficient (Wildman–Crippen LogP) is 2.96. The number of sulfonamides is 1. The van der Waals surface area contributed by atoms with Crippen molar-refractivity contribution in [1.82, 2.24) is 14.9 Å². The number of rotatable bonds is 7. The standard InChI is InChI=1S/C23H32N4O3S/c1-31(28,29)26-21-13-15-27(23-8-5-14-24-25-23)16-22(21)30-17-18-9-11-20(12-10-18)19-6-3-2-4-7-19/h2-8,14,18,20-22,26H,9-13,15-17H2,1H3/t18?,20?,21-,22+/m0/s1. The molecule has 2 fully saturated rings. The van der Waals surface area contributed by atoms with Crippen molar-refractivity contribution < 1.29 is 13.2 Å². The van der Waals surface area contributed by atoms with E-state index in [0.717, 1.165) is 18.7 Å². The molecular weight excluding hydrogens is 412 g/mol. The molecular formula is C23H32N4O3S. The molecule has 8 heteroatoms. The van der Waals surface area contributed by atoms with Crippen molar-refractivity contribution in [3.63, 3.8) is 0 Å². The van der Waals surface area contributed by atoms with Gasteiger partial charge in [-0.3, -0.25) is 0 Å². The Balaban J connectivity index is 1.34. The van der Waals surface area contributed by atoms with Gasteiger partial charge in [-0.05, 0) is 61.6 Å². The second kappa shape index (κ2) is 10.1. The monoisotopic (exact) mass is 444 g/mol. The first-order valence-corrected chi connectivity index (χ1v) is 13.0. The number of nitrogens with one attached hydrogen (secondary N) is 1. The molecule has 4 rings (SSSR count). The molecule has 7 nitrogen and oxygen atoms in total. The summed E-state index contributed by atoms with van der Waals surface area (Å²) in [6.07, 6.45) is 7.98. The third kappa shape index (κ3) is 6.24. The van der Waals surface area contributed by atoms with Crippen LogP contribution in [-0.4, -0.2) is 56.7 Å². The van der Waals surface area contributed by atoms with Gasteiger partial charge in [0.15, 0.2) is 5.82 Å². The van der Waals surface area contributed by atoms with E-state index >= 15 is 0 Å². The van der Waals surface area contributed by atoms with Gasteiger partial charge in [-0.15, -0.1) is 5.10 Å². The Hall–Kier alpha value is -2.03. The van der Waals surface area contributed by atoms with Crippen LogP contribution in [0.25, 0.3) is 0 Å². The Bertz CT molecular complexity index is 918. The second-order valence-electron chi connectivity index (χ2n) is 8.81. The smallest absolute Gasteiger partial charge is 0.209 e. The Morgan fingerprint density at radius 3 is 2.52 bits per heavy atom. The van der Waals surface area contributed by atoms with Crippen molar-refractivity contribution in [2.75, 3.05) is 30.9 Å². The molecule has 2 atom stereocenters. The normalized spacial score (nSPS) is 27.2. The van der Waals surface area contributed by atoms with Crippen molar-refractivity contribution in [1.29, 1.82) is 0 Å². The molecule has 0 radical (unpaired) electrons. The fraction of sp³-hybridized carbons (Fsp3) is 0.565. The summed E-state index contributed by atoms with van der Waals surface area (Å²) in [6, 6.07) is 14.3. The first-order valence-electron chi connectivity index (χ1n) is 11.1. The summed E-state index contributed by atoms with van der Waals surface area (Å²) in [6.45, 7) is 1.99. The van der Waals surface area contributed by atoms with Crippen LogP contribution in [-0.2, 0) is 14.8 Å². The van der Waals surface area contributed by atoms with E-state index in [1.807, 2.05) is 12.1 Å². The minimum atomic E-state index is -3.30. The third-order valence-corrected chi connectivity index (χ3v) is 7.20. The topological polar surface area (TPSA) is 84.4 Å². The van der Waals surface area contributed by atoms with E-state index in [1.54, 1.807) is 6.20 Å². The van der Waals surface area contributed by atoms with E-state index in [9.17, 15) is 8.42 Å². The maximum Gasteiger partial charge on any atom is 0.209 e. The average molecular weight is 445 g/mol. The molecule has 0 bridgehead atoms. The highest BCUT2D eigenvalue weighted by Crippen LogP contribution is 2.36. The Morgan fingerprint density at radius 2 is 1.84 bits per heavy atom. The number of hydrogen-bond donors (Lipinski definition) is 1. The molecule has 1 saturated carbocycles. The predicted molar refractivity (Wildman–Crippen MR) is 122 cm³/mol. The number of ether oxygens (including phenoxy) is 1. The van der Waals surface area contributed by atoms with Gasteiger partial charge in [0.1, 0.15) is 0 Å². The quantitative estimate of drug-likeness (QED) is 0.707. The molecule has 1 aliphatic heterocycles. The molecule has 1 N–H and O–H groups in total. The fourth-order valence-electron chi connectivity index (χ4n) is 4.81. The highest BCUT2D eigenvalue weighted by atomic mass is 32.2. The summed E-state index contributed by atoms with van der Waals surface area (Å²) in [5, 5.41) is 8.18. The minimum Gasteiger partial charge on any atom is -0.374 e. The van der Waals surface area contributed by atoms with Gasteiger partial charge in [0, 0.05) is 25.9 Å². The summed E-state index contributed by atoms with van der Waals surface area (Å²) in [7, 11) is -3.30. The number of benzene rings is 1. The van der Waals surface area contributed by atoms with Crippen LogP contribution in [0, 0.1) is 5.92 Å². The number of anilines is 1. The summed E-state index contributed by atoms with van der Waals surface area (Å²) >= 11 is 0. The lowest BCUT2D eigenvalue weighted by atomic mass is 9.79. The Morgan fingerprint density at radius 1 is 1.06 bits per heavy atom. The van der Waals surface area contributed by atoms with E-state index in [1.165, 1.54) is 24.7 Å². The van der Waals surface area contributed by atoms with E-state index in [2.05, 4.69) is 50.2 Å². The number of piperidine rings is 1. The van der Waals surface area contributed by atoms with E-state index in [-0.39, 0.29) is 12.1 Å². The first-order chi connectivity index (χ1) is 15.0. The lowest BCUT2D eigenvalue weighted by Crippen LogP contribution is -2.55. The van der Waals surface area contributed by atoms with Crippen molar-refractivity contribution in [2.24, 2.45) is 5.92 Å². The average Bonchev–Trinajstić information content (AvgIpc) is 2.79. The summed E-state index contributed by atoms with van der Waals surface area (Å²) in [5.41, 5.74) is 1.44. The van der Waals surface area contributed by atoms with Gasteiger partial charge in [-0.25, -0.2) is 13.1 Å². The van der Waals surface area contributed by atoms with Crippen LogP contribution in [0.4, 0.5) is 5.82 Å². The maximum atomic E-state index is 11.9. The first kappa shape index (κ1) is 22.2. The highest BCUT2D eigenvalue weighted by molar-refractivity contribution is 7.88. The minimum absolute atomic E-state index is 0.211. The number of aromatic nitrogens is 2. The van der Waals surface area contributed by atoms with Crippen LogP contribution in [0.1, 0.15) is 43.6 Å². The van der Waals surface area contributed by atoms with Gasteiger partial charge in [-0.2, -0.15) is 5.10 Å². The molecule has 1 aromatic carbocycles. The largest absolute Gasteiger partial charge is 0.374 e. The highest BCUT2D eigenvalue weighted by Gasteiger charge is 2.33. The summed E-state index contributed by atoms with van der Waals surface area (Å²) in [5.74, 6) is 1.96. The van der Waals surface area contributed by atoms with Crippen LogP contribution in [0.15, 0.2) is 48.7 Å². The SMILES string of the molecule is CS(=O)(=O)N[C@H]1CCN(c2cccnn2)C[C@H]1OCC1CCC(c2ccccc2)CC1. The van der Waals surface area contributed by atoms with E-state index < -0.39 is 10.0 Å². The lowest BCUT2D eigenvalue weighted by Gasteiger charge is -2.39. The van der Waals surface area contributed by atoms with Crippen LogP contribution >= 0.6 is 0 Å². The molecule has 0 spiro atoms. The van der Waals surface area contributed by atoms with Crippen LogP contribution in [0.3, 0.4) is 0 Å². The molecule has 1 aromatic heterocycles. The Labute approximate surface area is 185 Å².